The van der Waals surface area contributed by atoms with Crippen LogP contribution < -0.4 is 5.32 Å². The molecule has 0 fully saturated rings. The standard InChI is InChI=1S/C21H18N4O2/c1-25(13-16-3-2-8-27-16)12-15-5-7-19(23-11-15)20-17-9-14(10-22)4-6-18(17)24-21(20)26/h2-9,11,20H,12-13H2,1H3,(H,24,26). The first-order valence-corrected chi connectivity index (χ1v) is 8.64. The molecule has 27 heavy (non-hydrogen) atoms. The molecule has 0 saturated heterocycles. The zero-order valence-electron chi connectivity index (χ0n) is 14.8. The average Bonchev–Trinajstić information content (AvgIpc) is 3.28. The lowest BCUT2D eigenvalue weighted by Crippen LogP contribution is -2.18. The van der Waals surface area contributed by atoms with E-state index in [0.717, 1.165) is 29.1 Å². The predicted molar refractivity (Wildman–Crippen MR) is 99.7 cm³/mol. The predicted octanol–water partition coefficient (Wildman–Crippen LogP) is 3.26. The molecule has 2 aromatic heterocycles. The third kappa shape index (κ3) is 3.46. The van der Waals surface area contributed by atoms with Crippen molar-refractivity contribution >= 4 is 11.6 Å². The Morgan fingerprint density at radius 3 is 2.85 bits per heavy atom. The van der Waals surface area contributed by atoms with E-state index < -0.39 is 5.92 Å². The molecule has 0 spiro atoms. The Kier molecular flexibility index (Phi) is 4.45. The lowest BCUT2D eigenvalue weighted by Gasteiger charge is -2.15. The highest BCUT2D eigenvalue weighted by molar-refractivity contribution is 6.04. The highest BCUT2D eigenvalue weighted by Crippen LogP contribution is 2.36. The van der Waals surface area contributed by atoms with Gasteiger partial charge in [-0.05, 0) is 54.6 Å². The van der Waals surface area contributed by atoms with Crippen molar-refractivity contribution in [2.45, 2.75) is 19.0 Å². The summed E-state index contributed by atoms with van der Waals surface area (Å²) >= 11 is 0. The quantitative estimate of drug-likeness (QED) is 0.757. The van der Waals surface area contributed by atoms with Gasteiger partial charge in [0.1, 0.15) is 11.7 Å². The molecule has 0 bridgehead atoms. The molecule has 6 heteroatoms. The molecule has 1 unspecified atom stereocenters. The third-order valence-electron chi connectivity index (χ3n) is 4.61. The van der Waals surface area contributed by atoms with Gasteiger partial charge in [0.15, 0.2) is 0 Å². The topological polar surface area (TPSA) is 82.2 Å². The van der Waals surface area contributed by atoms with Gasteiger partial charge in [-0.25, -0.2) is 0 Å². The van der Waals surface area contributed by atoms with Crippen LogP contribution in [-0.4, -0.2) is 22.8 Å². The summed E-state index contributed by atoms with van der Waals surface area (Å²) in [5, 5.41) is 12.0. The zero-order chi connectivity index (χ0) is 18.8. The minimum absolute atomic E-state index is 0.115. The summed E-state index contributed by atoms with van der Waals surface area (Å²) in [5.41, 5.74) is 3.81. The van der Waals surface area contributed by atoms with E-state index >= 15 is 0 Å². The number of aromatic nitrogens is 1. The first kappa shape index (κ1) is 17.0. The fourth-order valence-corrected chi connectivity index (χ4v) is 3.36. The minimum atomic E-state index is -0.483. The van der Waals surface area contributed by atoms with Crippen molar-refractivity contribution in [3.8, 4) is 6.07 Å². The number of hydrogen-bond acceptors (Lipinski definition) is 5. The van der Waals surface area contributed by atoms with Crippen molar-refractivity contribution in [2.24, 2.45) is 0 Å². The Bertz CT molecular complexity index is 1000. The Morgan fingerprint density at radius 2 is 2.15 bits per heavy atom. The molecule has 134 valence electrons. The summed E-state index contributed by atoms with van der Waals surface area (Å²) in [6.45, 7) is 1.43. The molecule has 6 nitrogen and oxygen atoms in total. The van der Waals surface area contributed by atoms with Crippen LogP contribution in [0, 0.1) is 11.3 Å². The SMILES string of the molecule is CN(Cc1ccc(C2C(=O)Nc3ccc(C#N)cc32)nc1)Cc1ccco1. The van der Waals surface area contributed by atoms with Crippen molar-refractivity contribution < 1.29 is 9.21 Å². The van der Waals surface area contributed by atoms with Gasteiger partial charge < -0.3 is 9.73 Å². The lowest BCUT2D eigenvalue weighted by molar-refractivity contribution is -0.116. The number of anilines is 1. The van der Waals surface area contributed by atoms with E-state index in [1.807, 2.05) is 31.3 Å². The molecule has 3 heterocycles. The molecule has 1 aromatic carbocycles. The molecule has 1 amide bonds. The van der Waals surface area contributed by atoms with Crippen LogP contribution in [0.5, 0.6) is 0 Å². The molecule has 1 atom stereocenters. The van der Waals surface area contributed by atoms with E-state index in [2.05, 4.69) is 21.3 Å². The molecule has 0 aliphatic carbocycles. The second-order valence-corrected chi connectivity index (χ2v) is 6.68. The first-order chi connectivity index (χ1) is 13.1. The number of nitrogens with zero attached hydrogens (tertiary/aromatic N) is 3. The molecule has 0 saturated carbocycles. The van der Waals surface area contributed by atoms with Gasteiger partial charge in [-0.3, -0.25) is 14.7 Å². The average molecular weight is 358 g/mol. The molecule has 1 aliphatic rings. The van der Waals surface area contributed by atoms with Gasteiger partial charge in [-0.1, -0.05) is 6.07 Å². The van der Waals surface area contributed by atoms with E-state index in [-0.39, 0.29) is 5.91 Å². The maximum atomic E-state index is 12.4. The number of pyridine rings is 1. The Balaban J connectivity index is 1.51. The summed E-state index contributed by atoms with van der Waals surface area (Å²) in [4.78, 5) is 19.1. The maximum absolute atomic E-state index is 12.4. The fourth-order valence-electron chi connectivity index (χ4n) is 3.36. The van der Waals surface area contributed by atoms with Crippen LogP contribution in [0.3, 0.4) is 0 Å². The summed E-state index contributed by atoms with van der Waals surface area (Å²) in [6.07, 6.45) is 3.47. The Labute approximate surface area is 157 Å². The maximum Gasteiger partial charge on any atom is 0.238 e. The number of benzene rings is 1. The van der Waals surface area contributed by atoms with E-state index in [0.29, 0.717) is 17.8 Å². The van der Waals surface area contributed by atoms with Crippen molar-refractivity contribution in [1.82, 2.24) is 9.88 Å². The summed E-state index contributed by atoms with van der Waals surface area (Å²) in [5.74, 6) is 0.313. The number of nitriles is 1. The van der Waals surface area contributed by atoms with Crippen LogP contribution in [0.2, 0.25) is 0 Å². The van der Waals surface area contributed by atoms with Crippen LogP contribution in [0.4, 0.5) is 5.69 Å². The van der Waals surface area contributed by atoms with Crippen molar-refractivity contribution in [1.29, 1.82) is 5.26 Å². The molecule has 0 radical (unpaired) electrons. The fraction of sp³-hybridized carbons (Fsp3) is 0.190. The normalized spacial score (nSPS) is 15.4. The number of fused-ring (bicyclic) bond motifs is 1. The number of furan rings is 1. The van der Waals surface area contributed by atoms with Crippen LogP contribution in [-0.2, 0) is 17.9 Å². The van der Waals surface area contributed by atoms with E-state index in [1.54, 1.807) is 30.7 Å². The monoisotopic (exact) mass is 358 g/mol. The number of amides is 1. The van der Waals surface area contributed by atoms with Gasteiger partial charge in [0.05, 0.1) is 30.1 Å². The van der Waals surface area contributed by atoms with Crippen molar-refractivity contribution in [3.63, 3.8) is 0 Å². The molecule has 3 aromatic rings. The molecular weight excluding hydrogens is 340 g/mol. The van der Waals surface area contributed by atoms with Gasteiger partial charge in [-0.15, -0.1) is 0 Å². The van der Waals surface area contributed by atoms with Crippen molar-refractivity contribution in [3.05, 3.63) is 83.1 Å². The van der Waals surface area contributed by atoms with Crippen LogP contribution >= 0.6 is 0 Å². The summed E-state index contributed by atoms with van der Waals surface area (Å²) < 4.78 is 5.37. The van der Waals surface area contributed by atoms with Gasteiger partial charge >= 0.3 is 0 Å². The number of nitrogens with one attached hydrogen (secondary N) is 1. The molecule has 4 rings (SSSR count). The Morgan fingerprint density at radius 1 is 1.26 bits per heavy atom. The van der Waals surface area contributed by atoms with Gasteiger partial charge in [0.25, 0.3) is 0 Å². The second-order valence-electron chi connectivity index (χ2n) is 6.68. The van der Waals surface area contributed by atoms with Crippen molar-refractivity contribution in [2.75, 3.05) is 12.4 Å². The molecule has 1 aliphatic heterocycles. The third-order valence-corrected chi connectivity index (χ3v) is 4.61. The van der Waals surface area contributed by atoms with E-state index in [1.165, 1.54) is 0 Å². The minimum Gasteiger partial charge on any atom is -0.468 e. The number of carbonyl (C=O) groups is 1. The molecular formula is C21H18N4O2. The van der Waals surface area contributed by atoms with E-state index in [9.17, 15) is 4.79 Å². The highest BCUT2D eigenvalue weighted by Gasteiger charge is 2.33. The zero-order valence-corrected chi connectivity index (χ0v) is 14.8. The smallest absolute Gasteiger partial charge is 0.238 e. The van der Waals surface area contributed by atoms with E-state index in [4.69, 9.17) is 9.68 Å². The number of rotatable bonds is 5. The summed E-state index contributed by atoms with van der Waals surface area (Å²) in [7, 11) is 2.01. The second kappa shape index (κ2) is 7.06. The summed E-state index contributed by atoms with van der Waals surface area (Å²) in [6, 6.07) is 15.0. The number of hydrogen-bond donors (Lipinski definition) is 1. The number of carbonyl (C=O) groups excluding carboxylic acids is 1. The molecule has 1 N–H and O–H groups in total. The Hall–Kier alpha value is -3.43. The van der Waals surface area contributed by atoms with Gasteiger partial charge in [0, 0.05) is 18.4 Å². The van der Waals surface area contributed by atoms with Crippen LogP contribution in [0.25, 0.3) is 0 Å². The highest BCUT2D eigenvalue weighted by atomic mass is 16.3. The van der Waals surface area contributed by atoms with Crippen LogP contribution in [0.1, 0.15) is 34.1 Å². The lowest BCUT2D eigenvalue weighted by atomic mass is 9.95. The van der Waals surface area contributed by atoms with Crippen LogP contribution in [0.15, 0.2) is 59.3 Å². The van der Waals surface area contributed by atoms with Gasteiger partial charge in [-0.2, -0.15) is 5.26 Å². The van der Waals surface area contributed by atoms with Gasteiger partial charge in [0.2, 0.25) is 5.91 Å². The first-order valence-electron chi connectivity index (χ1n) is 8.64. The largest absolute Gasteiger partial charge is 0.468 e.